The molecule has 0 aromatic carbocycles. The first-order valence-corrected chi connectivity index (χ1v) is 7.04. The zero-order chi connectivity index (χ0) is 14.2. The summed E-state index contributed by atoms with van der Waals surface area (Å²) in [6.45, 7) is 2.57. The van der Waals surface area contributed by atoms with E-state index in [0.717, 1.165) is 31.7 Å². The number of carbonyl (C=O) groups excluding carboxylic acids is 1. The van der Waals surface area contributed by atoms with Gasteiger partial charge >= 0.3 is 0 Å². The number of hydrogen-bond acceptors (Lipinski definition) is 3. The minimum atomic E-state index is 0.130. The summed E-state index contributed by atoms with van der Waals surface area (Å²) in [6.07, 6.45) is 5.07. The van der Waals surface area contributed by atoms with Crippen LogP contribution in [0.4, 0.5) is 0 Å². The number of aliphatic imine (C=N–C) groups is 1. The van der Waals surface area contributed by atoms with Crippen LogP contribution >= 0.6 is 0 Å². The second-order valence-corrected chi connectivity index (χ2v) is 4.80. The van der Waals surface area contributed by atoms with E-state index in [1.807, 2.05) is 17.0 Å². The first-order chi connectivity index (χ1) is 9.79. The zero-order valence-corrected chi connectivity index (χ0v) is 11.9. The van der Waals surface area contributed by atoms with Crippen molar-refractivity contribution in [1.29, 1.82) is 0 Å². The number of carbonyl (C=O) groups is 1. The summed E-state index contributed by atoms with van der Waals surface area (Å²) < 4.78 is 5.23. The number of rotatable bonds is 4. The number of piperidine rings is 1. The van der Waals surface area contributed by atoms with Crippen LogP contribution in [0, 0.1) is 0 Å². The average Bonchev–Trinajstić information content (AvgIpc) is 3.01. The Balaban J connectivity index is 1.71. The maximum Gasteiger partial charge on any atom is 0.241 e. The van der Waals surface area contributed by atoms with Gasteiger partial charge in [0.15, 0.2) is 5.96 Å². The van der Waals surface area contributed by atoms with Crippen LogP contribution in [0.3, 0.4) is 0 Å². The molecule has 110 valence electrons. The SMILES string of the molecule is CN=C(NCC(=O)N1CCCCC1)NCc1ccco1. The van der Waals surface area contributed by atoms with Crippen LogP contribution in [-0.4, -0.2) is 43.4 Å². The summed E-state index contributed by atoms with van der Waals surface area (Å²) in [5.41, 5.74) is 0. The van der Waals surface area contributed by atoms with Crippen molar-refractivity contribution in [1.82, 2.24) is 15.5 Å². The second kappa shape index (κ2) is 7.57. The van der Waals surface area contributed by atoms with Crippen molar-refractivity contribution in [3.05, 3.63) is 24.2 Å². The lowest BCUT2D eigenvalue weighted by molar-refractivity contribution is -0.130. The van der Waals surface area contributed by atoms with Gasteiger partial charge in [-0.2, -0.15) is 0 Å². The van der Waals surface area contributed by atoms with Gasteiger partial charge in [-0.3, -0.25) is 9.79 Å². The summed E-state index contributed by atoms with van der Waals surface area (Å²) in [4.78, 5) is 18.0. The van der Waals surface area contributed by atoms with Crippen molar-refractivity contribution in [3.63, 3.8) is 0 Å². The molecule has 1 fully saturated rings. The van der Waals surface area contributed by atoms with E-state index in [0.29, 0.717) is 12.5 Å². The highest BCUT2D eigenvalue weighted by molar-refractivity contribution is 5.86. The molecular formula is C14H22N4O2. The average molecular weight is 278 g/mol. The van der Waals surface area contributed by atoms with Crippen molar-refractivity contribution < 1.29 is 9.21 Å². The molecule has 0 unspecified atom stereocenters. The Morgan fingerprint density at radius 1 is 1.35 bits per heavy atom. The van der Waals surface area contributed by atoms with Crippen LogP contribution in [0.15, 0.2) is 27.8 Å². The molecule has 0 aliphatic carbocycles. The Labute approximate surface area is 119 Å². The molecule has 1 aliphatic heterocycles. The molecule has 2 heterocycles. The lowest BCUT2D eigenvalue weighted by atomic mass is 10.1. The first-order valence-electron chi connectivity index (χ1n) is 7.04. The third-order valence-corrected chi connectivity index (χ3v) is 3.35. The Kier molecular flexibility index (Phi) is 5.46. The normalized spacial score (nSPS) is 16.1. The van der Waals surface area contributed by atoms with Crippen LogP contribution in [0.25, 0.3) is 0 Å². The van der Waals surface area contributed by atoms with Crippen LogP contribution in [0.1, 0.15) is 25.0 Å². The maximum atomic E-state index is 12.0. The van der Waals surface area contributed by atoms with Gasteiger partial charge in [0.1, 0.15) is 5.76 Å². The summed E-state index contributed by atoms with van der Waals surface area (Å²) in [5, 5.41) is 6.14. The number of likely N-dealkylation sites (tertiary alicyclic amines) is 1. The number of amides is 1. The van der Waals surface area contributed by atoms with E-state index in [9.17, 15) is 4.79 Å². The fourth-order valence-corrected chi connectivity index (χ4v) is 2.22. The molecule has 0 atom stereocenters. The van der Waals surface area contributed by atoms with Gasteiger partial charge < -0.3 is 20.0 Å². The van der Waals surface area contributed by atoms with Crippen LogP contribution in [0.5, 0.6) is 0 Å². The van der Waals surface area contributed by atoms with Gasteiger partial charge in [0, 0.05) is 20.1 Å². The lowest BCUT2D eigenvalue weighted by Crippen LogP contribution is -2.45. The number of nitrogens with one attached hydrogen (secondary N) is 2. The molecule has 1 aliphatic rings. The van der Waals surface area contributed by atoms with Crippen molar-refractivity contribution >= 4 is 11.9 Å². The number of nitrogens with zero attached hydrogens (tertiary/aromatic N) is 2. The molecule has 0 spiro atoms. The molecule has 2 rings (SSSR count). The van der Waals surface area contributed by atoms with E-state index in [2.05, 4.69) is 15.6 Å². The van der Waals surface area contributed by atoms with Gasteiger partial charge in [0.2, 0.25) is 5.91 Å². The molecule has 1 amide bonds. The molecule has 6 heteroatoms. The van der Waals surface area contributed by atoms with Crippen LogP contribution in [-0.2, 0) is 11.3 Å². The zero-order valence-electron chi connectivity index (χ0n) is 11.9. The molecule has 1 aromatic heterocycles. The van der Waals surface area contributed by atoms with Gasteiger partial charge in [0.25, 0.3) is 0 Å². The van der Waals surface area contributed by atoms with Crippen LogP contribution < -0.4 is 10.6 Å². The van der Waals surface area contributed by atoms with E-state index in [1.165, 1.54) is 6.42 Å². The molecule has 0 saturated carbocycles. The smallest absolute Gasteiger partial charge is 0.241 e. The largest absolute Gasteiger partial charge is 0.467 e. The minimum Gasteiger partial charge on any atom is -0.467 e. The van der Waals surface area contributed by atoms with Crippen molar-refractivity contribution in [2.24, 2.45) is 4.99 Å². The number of hydrogen-bond donors (Lipinski definition) is 2. The number of furan rings is 1. The second-order valence-electron chi connectivity index (χ2n) is 4.80. The highest BCUT2D eigenvalue weighted by atomic mass is 16.3. The van der Waals surface area contributed by atoms with Gasteiger partial charge in [-0.1, -0.05) is 0 Å². The Hall–Kier alpha value is -1.98. The maximum absolute atomic E-state index is 12.0. The Bertz CT molecular complexity index is 436. The minimum absolute atomic E-state index is 0.130. The van der Waals surface area contributed by atoms with E-state index in [-0.39, 0.29) is 12.5 Å². The highest BCUT2D eigenvalue weighted by Crippen LogP contribution is 2.08. The highest BCUT2D eigenvalue weighted by Gasteiger charge is 2.16. The predicted molar refractivity (Wildman–Crippen MR) is 77.3 cm³/mol. The molecule has 6 nitrogen and oxygen atoms in total. The standard InChI is InChI=1S/C14H22N4O2/c1-15-14(16-10-12-6-5-9-20-12)17-11-13(19)18-7-3-2-4-8-18/h5-6,9H,2-4,7-8,10-11H2,1H3,(H2,15,16,17). The monoisotopic (exact) mass is 278 g/mol. The molecule has 1 saturated heterocycles. The van der Waals surface area contributed by atoms with E-state index < -0.39 is 0 Å². The molecule has 1 aromatic rings. The lowest BCUT2D eigenvalue weighted by Gasteiger charge is -2.27. The van der Waals surface area contributed by atoms with E-state index in [4.69, 9.17) is 4.42 Å². The molecule has 2 N–H and O–H groups in total. The molecule has 0 radical (unpaired) electrons. The molecular weight excluding hydrogens is 256 g/mol. The van der Waals surface area contributed by atoms with E-state index >= 15 is 0 Å². The van der Waals surface area contributed by atoms with E-state index in [1.54, 1.807) is 13.3 Å². The summed E-state index contributed by atoms with van der Waals surface area (Å²) in [7, 11) is 1.68. The van der Waals surface area contributed by atoms with Gasteiger partial charge in [-0.25, -0.2) is 0 Å². The summed E-state index contributed by atoms with van der Waals surface area (Å²) in [6, 6.07) is 3.73. The van der Waals surface area contributed by atoms with Crippen molar-refractivity contribution in [2.75, 3.05) is 26.7 Å². The summed E-state index contributed by atoms with van der Waals surface area (Å²) in [5.74, 6) is 1.56. The van der Waals surface area contributed by atoms with Gasteiger partial charge in [0.05, 0.1) is 19.4 Å². The fourth-order valence-electron chi connectivity index (χ4n) is 2.22. The topological polar surface area (TPSA) is 69.9 Å². The van der Waals surface area contributed by atoms with Crippen molar-refractivity contribution in [3.8, 4) is 0 Å². The van der Waals surface area contributed by atoms with Crippen LogP contribution in [0.2, 0.25) is 0 Å². The fraction of sp³-hybridized carbons (Fsp3) is 0.571. The summed E-state index contributed by atoms with van der Waals surface area (Å²) >= 11 is 0. The molecule has 0 bridgehead atoms. The van der Waals surface area contributed by atoms with Gasteiger partial charge in [-0.05, 0) is 31.4 Å². The first kappa shape index (κ1) is 14.4. The van der Waals surface area contributed by atoms with Gasteiger partial charge in [-0.15, -0.1) is 0 Å². The molecule has 20 heavy (non-hydrogen) atoms. The predicted octanol–water partition coefficient (Wildman–Crippen LogP) is 0.957. The Morgan fingerprint density at radius 2 is 2.15 bits per heavy atom. The quantitative estimate of drug-likeness (QED) is 0.636. The number of guanidine groups is 1. The third kappa shape index (κ3) is 4.29. The van der Waals surface area contributed by atoms with Crippen molar-refractivity contribution in [2.45, 2.75) is 25.8 Å². The Morgan fingerprint density at radius 3 is 2.80 bits per heavy atom. The third-order valence-electron chi connectivity index (χ3n) is 3.35.